The highest BCUT2D eigenvalue weighted by Gasteiger charge is 2.26. The summed E-state index contributed by atoms with van der Waals surface area (Å²) < 4.78 is 24.8. The van der Waals surface area contributed by atoms with Gasteiger partial charge in [0, 0.05) is 19.0 Å². The van der Waals surface area contributed by atoms with Crippen molar-refractivity contribution in [2.45, 2.75) is 45.7 Å². The Balaban J connectivity index is 1.46. The molecule has 6 nitrogen and oxygen atoms in total. The summed E-state index contributed by atoms with van der Waals surface area (Å²) in [7, 11) is 0. The van der Waals surface area contributed by atoms with Gasteiger partial charge in [-0.05, 0) is 67.2 Å². The van der Waals surface area contributed by atoms with Crippen molar-refractivity contribution in [3.8, 4) is 5.75 Å². The van der Waals surface area contributed by atoms with Crippen LogP contribution in [0.4, 0.5) is 10.4 Å². The lowest BCUT2D eigenvalue weighted by Crippen LogP contribution is -2.43. The fourth-order valence-corrected chi connectivity index (χ4v) is 3.84. The monoisotopic (exact) mass is 438 g/mol. The molecular weight excluding hydrogens is 407 g/mol. The molecule has 1 saturated heterocycles. The first-order chi connectivity index (χ1) is 15.6. The van der Waals surface area contributed by atoms with Crippen LogP contribution in [0.1, 0.15) is 43.6 Å². The molecule has 1 N–H and O–H groups in total. The van der Waals surface area contributed by atoms with Crippen LogP contribution in [0.2, 0.25) is 0 Å². The van der Waals surface area contributed by atoms with Crippen LogP contribution in [0, 0.1) is 11.7 Å². The number of anilines is 1. The fourth-order valence-electron chi connectivity index (χ4n) is 3.84. The van der Waals surface area contributed by atoms with Gasteiger partial charge >= 0.3 is 6.01 Å². The largest absolute Gasteiger partial charge is 0.493 e. The SMILES string of the molecule is CC(C)COc1ccc(Cc2noc(N(Cc3ccc(F)cc3)C3CCNCC3)n2)cc1. The van der Waals surface area contributed by atoms with Crippen LogP contribution in [0.25, 0.3) is 0 Å². The van der Waals surface area contributed by atoms with E-state index in [1.807, 2.05) is 36.4 Å². The van der Waals surface area contributed by atoms with Gasteiger partial charge in [-0.15, -0.1) is 0 Å². The number of aromatic nitrogens is 2. The standard InChI is InChI=1S/C25H31FN4O2/c1-18(2)17-31-23-9-5-19(6-10-23)15-24-28-25(32-29-24)30(22-11-13-27-14-12-22)16-20-3-7-21(26)8-4-20/h3-10,18,22,27H,11-17H2,1-2H3. The molecule has 0 saturated carbocycles. The van der Waals surface area contributed by atoms with Crippen molar-refractivity contribution in [2.75, 3.05) is 24.6 Å². The second-order valence-electron chi connectivity index (χ2n) is 8.75. The van der Waals surface area contributed by atoms with Gasteiger partial charge in [-0.25, -0.2) is 4.39 Å². The lowest BCUT2D eigenvalue weighted by Gasteiger charge is -2.33. The summed E-state index contributed by atoms with van der Waals surface area (Å²) in [6.45, 7) is 7.48. The molecule has 1 fully saturated rings. The maximum atomic E-state index is 13.3. The lowest BCUT2D eigenvalue weighted by molar-refractivity contribution is 0.271. The van der Waals surface area contributed by atoms with E-state index in [9.17, 15) is 4.39 Å². The third-order valence-electron chi connectivity index (χ3n) is 5.59. The van der Waals surface area contributed by atoms with Crippen LogP contribution in [0.15, 0.2) is 53.1 Å². The predicted octanol–water partition coefficient (Wildman–Crippen LogP) is 4.59. The summed E-state index contributed by atoms with van der Waals surface area (Å²) in [5.74, 6) is 1.77. The van der Waals surface area contributed by atoms with E-state index in [0.717, 1.165) is 42.8 Å². The number of ether oxygens (including phenoxy) is 1. The van der Waals surface area contributed by atoms with Crippen molar-refractivity contribution < 1.29 is 13.7 Å². The van der Waals surface area contributed by atoms with Crippen LogP contribution < -0.4 is 15.0 Å². The maximum absolute atomic E-state index is 13.3. The first-order valence-corrected chi connectivity index (χ1v) is 11.3. The van der Waals surface area contributed by atoms with Gasteiger partial charge in [-0.1, -0.05) is 43.3 Å². The molecular formula is C25H31FN4O2. The average molecular weight is 439 g/mol. The third-order valence-corrected chi connectivity index (χ3v) is 5.59. The number of benzene rings is 2. The quantitative estimate of drug-likeness (QED) is 0.527. The number of hydrogen-bond acceptors (Lipinski definition) is 6. The second-order valence-corrected chi connectivity index (χ2v) is 8.75. The van der Waals surface area contributed by atoms with E-state index in [4.69, 9.17) is 14.2 Å². The number of piperidine rings is 1. The Morgan fingerprint density at radius 3 is 2.44 bits per heavy atom. The molecule has 2 heterocycles. The molecule has 0 bridgehead atoms. The Hall–Kier alpha value is -2.93. The van der Waals surface area contributed by atoms with Gasteiger partial charge in [0.05, 0.1) is 6.61 Å². The number of rotatable bonds is 9. The smallest absolute Gasteiger partial charge is 0.324 e. The summed E-state index contributed by atoms with van der Waals surface area (Å²) >= 11 is 0. The number of halogens is 1. The molecule has 32 heavy (non-hydrogen) atoms. The molecule has 2 aromatic carbocycles. The molecule has 7 heteroatoms. The Labute approximate surface area is 188 Å². The van der Waals surface area contributed by atoms with E-state index in [1.54, 1.807) is 0 Å². The molecule has 0 radical (unpaired) electrons. The molecule has 170 valence electrons. The summed E-state index contributed by atoms with van der Waals surface area (Å²) in [6.07, 6.45) is 2.58. The Morgan fingerprint density at radius 1 is 1.06 bits per heavy atom. The molecule has 1 aromatic heterocycles. The highest BCUT2D eigenvalue weighted by atomic mass is 19.1. The molecule has 0 unspecified atom stereocenters. The summed E-state index contributed by atoms with van der Waals surface area (Å²) in [4.78, 5) is 6.86. The zero-order valence-corrected chi connectivity index (χ0v) is 18.8. The second kappa shape index (κ2) is 10.6. The molecule has 0 aliphatic carbocycles. The van der Waals surface area contributed by atoms with E-state index < -0.39 is 0 Å². The van der Waals surface area contributed by atoms with Gasteiger partial charge in [-0.2, -0.15) is 4.98 Å². The zero-order valence-electron chi connectivity index (χ0n) is 18.8. The van der Waals surface area contributed by atoms with Crippen LogP contribution in [0.5, 0.6) is 5.75 Å². The maximum Gasteiger partial charge on any atom is 0.324 e. The highest BCUT2D eigenvalue weighted by molar-refractivity contribution is 5.33. The lowest BCUT2D eigenvalue weighted by atomic mass is 10.0. The first kappa shape index (κ1) is 22.3. The Kier molecular flexibility index (Phi) is 7.37. The minimum Gasteiger partial charge on any atom is -0.493 e. The zero-order chi connectivity index (χ0) is 22.3. The van der Waals surface area contributed by atoms with Gasteiger partial charge < -0.3 is 19.5 Å². The Morgan fingerprint density at radius 2 is 1.75 bits per heavy atom. The van der Waals surface area contributed by atoms with Gasteiger partial charge in [0.2, 0.25) is 0 Å². The molecule has 0 spiro atoms. The molecule has 1 aliphatic heterocycles. The number of nitrogens with zero attached hydrogens (tertiary/aromatic N) is 3. The van der Waals surface area contributed by atoms with Crippen molar-refractivity contribution in [1.82, 2.24) is 15.5 Å². The van der Waals surface area contributed by atoms with Crippen LogP contribution >= 0.6 is 0 Å². The first-order valence-electron chi connectivity index (χ1n) is 11.3. The van der Waals surface area contributed by atoms with Gasteiger partial charge in [0.15, 0.2) is 5.82 Å². The van der Waals surface area contributed by atoms with Gasteiger partial charge in [-0.3, -0.25) is 0 Å². The van der Waals surface area contributed by atoms with Crippen molar-refractivity contribution in [3.63, 3.8) is 0 Å². The minimum absolute atomic E-state index is 0.233. The number of nitrogens with one attached hydrogen (secondary N) is 1. The van der Waals surface area contributed by atoms with Crippen molar-refractivity contribution in [2.24, 2.45) is 5.92 Å². The van der Waals surface area contributed by atoms with E-state index in [2.05, 4.69) is 29.2 Å². The average Bonchev–Trinajstić information content (AvgIpc) is 3.27. The summed E-state index contributed by atoms with van der Waals surface area (Å²) in [5, 5.41) is 7.63. The summed E-state index contributed by atoms with van der Waals surface area (Å²) in [5.41, 5.74) is 2.11. The Bertz CT molecular complexity index is 966. The van der Waals surface area contributed by atoms with Crippen molar-refractivity contribution in [3.05, 3.63) is 71.3 Å². The highest BCUT2D eigenvalue weighted by Crippen LogP contribution is 2.24. The molecule has 0 amide bonds. The van der Waals surface area contributed by atoms with Gasteiger partial charge in [0.1, 0.15) is 11.6 Å². The van der Waals surface area contributed by atoms with Crippen LogP contribution in [0.3, 0.4) is 0 Å². The molecule has 3 aromatic rings. The van der Waals surface area contributed by atoms with E-state index in [-0.39, 0.29) is 5.82 Å². The van der Waals surface area contributed by atoms with E-state index >= 15 is 0 Å². The molecule has 0 atom stereocenters. The normalized spacial score (nSPS) is 14.6. The van der Waals surface area contributed by atoms with Crippen LogP contribution in [-0.4, -0.2) is 35.9 Å². The third kappa shape index (κ3) is 6.07. The molecule has 4 rings (SSSR count). The number of hydrogen-bond donors (Lipinski definition) is 1. The van der Waals surface area contributed by atoms with E-state index in [1.165, 1.54) is 12.1 Å². The van der Waals surface area contributed by atoms with Gasteiger partial charge in [0.25, 0.3) is 0 Å². The summed E-state index contributed by atoms with van der Waals surface area (Å²) in [6, 6.07) is 15.5. The minimum atomic E-state index is -0.233. The van der Waals surface area contributed by atoms with Crippen molar-refractivity contribution in [1.29, 1.82) is 0 Å². The van der Waals surface area contributed by atoms with E-state index in [0.29, 0.717) is 43.4 Å². The predicted molar refractivity (Wildman–Crippen MR) is 122 cm³/mol. The fraction of sp³-hybridized carbons (Fsp3) is 0.440. The molecule has 1 aliphatic rings. The topological polar surface area (TPSA) is 63.4 Å². The van der Waals surface area contributed by atoms with Crippen molar-refractivity contribution >= 4 is 6.01 Å². The van der Waals surface area contributed by atoms with Crippen LogP contribution in [-0.2, 0) is 13.0 Å².